The quantitative estimate of drug-likeness (QED) is 0.858. The van der Waals surface area contributed by atoms with Crippen molar-refractivity contribution < 1.29 is 9.90 Å². The van der Waals surface area contributed by atoms with E-state index in [1.807, 2.05) is 37.3 Å². The van der Waals surface area contributed by atoms with Gasteiger partial charge < -0.3 is 10.4 Å². The number of anilines is 1. The average Bonchev–Trinajstić information content (AvgIpc) is 3.06. The number of aliphatic carboxylic acids is 1. The highest BCUT2D eigenvalue weighted by molar-refractivity contribution is 5.82. The first-order valence-corrected chi connectivity index (χ1v) is 8.03. The second-order valence-corrected chi connectivity index (χ2v) is 5.96. The standard InChI is InChI=1S/C18H21N3O2/c1-2-18(17(22)23,13-7-4-3-5-8-13)11-19-16-14-9-6-10-15(14)20-12-21-16/h3-5,7-8,12H,2,6,9-11H2,1H3,(H,22,23)(H,19,20,21). The minimum Gasteiger partial charge on any atom is -0.481 e. The summed E-state index contributed by atoms with van der Waals surface area (Å²) in [4.78, 5) is 20.7. The highest BCUT2D eigenvalue weighted by Crippen LogP contribution is 2.31. The third-order valence-corrected chi connectivity index (χ3v) is 4.77. The number of carboxylic acids is 1. The molecule has 23 heavy (non-hydrogen) atoms. The number of fused-ring (bicyclic) bond motifs is 1. The van der Waals surface area contributed by atoms with E-state index in [0.717, 1.165) is 41.9 Å². The zero-order chi connectivity index (χ0) is 16.3. The van der Waals surface area contributed by atoms with Gasteiger partial charge in [-0.1, -0.05) is 37.3 Å². The molecule has 1 aromatic heterocycles. The maximum Gasteiger partial charge on any atom is 0.315 e. The van der Waals surface area contributed by atoms with Crippen LogP contribution in [-0.4, -0.2) is 27.6 Å². The number of carboxylic acid groups (broad SMARTS) is 1. The Kier molecular flexibility index (Phi) is 4.28. The molecule has 0 amide bonds. The summed E-state index contributed by atoms with van der Waals surface area (Å²) in [6, 6.07) is 9.42. The number of hydrogen-bond acceptors (Lipinski definition) is 4. The molecule has 5 heteroatoms. The van der Waals surface area contributed by atoms with E-state index in [1.165, 1.54) is 0 Å². The number of hydrogen-bond donors (Lipinski definition) is 2. The van der Waals surface area contributed by atoms with Gasteiger partial charge in [-0.15, -0.1) is 0 Å². The first kappa shape index (κ1) is 15.5. The zero-order valence-electron chi connectivity index (χ0n) is 13.2. The summed E-state index contributed by atoms with van der Waals surface area (Å²) in [6.07, 6.45) is 5.08. The van der Waals surface area contributed by atoms with E-state index >= 15 is 0 Å². The van der Waals surface area contributed by atoms with Crippen LogP contribution in [0, 0.1) is 0 Å². The maximum atomic E-state index is 12.0. The van der Waals surface area contributed by atoms with Crippen molar-refractivity contribution in [2.75, 3.05) is 11.9 Å². The highest BCUT2D eigenvalue weighted by atomic mass is 16.4. The fourth-order valence-corrected chi connectivity index (χ4v) is 3.29. The van der Waals surface area contributed by atoms with E-state index in [1.54, 1.807) is 6.33 Å². The highest BCUT2D eigenvalue weighted by Gasteiger charge is 2.38. The summed E-state index contributed by atoms with van der Waals surface area (Å²) in [5.74, 6) is -0.0353. The van der Waals surface area contributed by atoms with Crippen LogP contribution in [0.4, 0.5) is 5.82 Å². The van der Waals surface area contributed by atoms with Gasteiger partial charge in [-0.3, -0.25) is 4.79 Å². The van der Waals surface area contributed by atoms with Crippen molar-refractivity contribution >= 4 is 11.8 Å². The van der Waals surface area contributed by atoms with E-state index in [9.17, 15) is 9.90 Å². The van der Waals surface area contributed by atoms with Crippen LogP contribution < -0.4 is 5.32 Å². The van der Waals surface area contributed by atoms with Crippen LogP contribution in [0.15, 0.2) is 36.7 Å². The van der Waals surface area contributed by atoms with Gasteiger partial charge in [0.05, 0.1) is 0 Å². The predicted molar refractivity (Wildman–Crippen MR) is 88.6 cm³/mol. The van der Waals surface area contributed by atoms with Gasteiger partial charge >= 0.3 is 5.97 Å². The second kappa shape index (κ2) is 6.36. The summed E-state index contributed by atoms with van der Waals surface area (Å²) in [5, 5.41) is 13.2. The van der Waals surface area contributed by atoms with E-state index in [0.29, 0.717) is 13.0 Å². The molecule has 0 fully saturated rings. The predicted octanol–water partition coefficient (Wildman–Crippen LogP) is 2.81. The number of carbonyl (C=O) groups is 1. The Balaban J connectivity index is 1.89. The van der Waals surface area contributed by atoms with Crippen LogP contribution >= 0.6 is 0 Å². The molecule has 120 valence electrons. The lowest BCUT2D eigenvalue weighted by molar-refractivity contribution is -0.143. The molecule has 0 bridgehead atoms. The van der Waals surface area contributed by atoms with Crippen LogP contribution in [0.1, 0.15) is 36.6 Å². The molecule has 1 aromatic carbocycles. The largest absolute Gasteiger partial charge is 0.481 e. The Hall–Kier alpha value is -2.43. The molecule has 0 radical (unpaired) electrons. The van der Waals surface area contributed by atoms with E-state index in [2.05, 4.69) is 15.3 Å². The summed E-state index contributed by atoms with van der Waals surface area (Å²) in [5.41, 5.74) is 2.07. The normalized spacial score (nSPS) is 15.7. The molecular weight excluding hydrogens is 290 g/mol. The number of aryl methyl sites for hydroxylation is 1. The third kappa shape index (κ3) is 2.79. The summed E-state index contributed by atoms with van der Waals surface area (Å²) >= 11 is 0. The summed E-state index contributed by atoms with van der Waals surface area (Å²) < 4.78 is 0. The van der Waals surface area contributed by atoms with Crippen molar-refractivity contribution in [2.24, 2.45) is 0 Å². The maximum absolute atomic E-state index is 12.0. The molecular formula is C18H21N3O2. The van der Waals surface area contributed by atoms with Crippen LogP contribution in [0.3, 0.4) is 0 Å². The average molecular weight is 311 g/mol. The Morgan fingerprint density at radius 3 is 2.74 bits per heavy atom. The summed E-state index contributed by atoms with van der Waals surface area (Å²) in [7, 11) is 0. The lowest BCUT2D eigenvalue weighted by Crippen LogP contribution is -2.42. The second-order valence-electron chi connectivity index (χ2n) is 5.96. The molecule has 2 N–H and O–H groups in total. The van der Waals surface area contributed by atoms with Gasteiger partial charge in [-0.2, -0.15) is 0 Å². The van der Waals surface area contributed by atoms with Crippen molar-refractivity contribution in [1.29, 1.82) is 0 Å². The van der Waals surface area contributed by atoms with Crippen LogP contribution in [0.25, 0.3) is 0 Å². The van der Waals surface area contributed by atoms with Crippen LogP contribution in [-0.2, 0) is 23.1 Å². The fourth-order valence-electron chi connectivity index (χ4n) is 3.29. The Bertz CT molecular complexity index is 703. The molecule has 1 aliphatic carbocycles. The Morgan fingerprint density at radius 1 is 1.26 bits per heavy atom. The minimum atomic E-state index is -0.961. The van der Waals surface area contributed by atoms with E-state index < -0.39 is 11.4 Å². The topological polar surface area (TPSA) is 75.1 Å². The molecule has 2 aromatic rings. The number of rotatable bonds is 6. The number of benzene rings is 1. The third-order valence-electron chi connectivity index (χ3n) is 4.77. The minimum absolute atomic E-state index is 0.312. The van der Waals surface area contributed by atoms with Gasteiger partial charge in [0.1, 0.15) is 17.6 Å². The van der Waals surface area contributed by atoms with Crippen molar-refractivity contribution in [3.05, 3.63) is 53.5 Å². The van der Waals surface area contributed by atoms with E-state index in [-0.39, 0.29) is 0 Å². The molecule has 0 saturated carbocycles. The monoisotopic (exact) mass is 311 g/mol. The lowest BCUT2D eigenvalue weighted by atomic mass is 9.78. The smallest absolute Gasteiger partial charge is 0.315 e. The van der Waals surface area contributed by atoms with Crippen molar-refractivity contribution in [3.63, 3.8) is 0 Å². The number of nitrogens with zero attached hydrogens (tertiary/aromatic N) is 2. The number of aromatic nitrogens is 2. The van der Waals surface area contributed by atoms with Gasteiger partial charge in [0.15, 0.2) is 0 Å². The fraction of sp³-hybridized carbons (Fsp3) is 0.389. The van der Waals surface area contributed by atoms with Gasteiger partial charge in [0.2, 0.25) is 0 Å². The SMILES string of the molecule is CCC(CNc1ncnc2c1CCC2)(C(=O)O)c1ccccc1. The Morgan fingerprint density at radius 2 is 2.04 bits per heavy atom. The van der Waals surface area contributed by atoms with Gasteiger partial charge in [0, 0.05) is 17.8 Å². The molecule has 1 aliphatic rings. The molecule has 1 heterocycles. The molecule has 1 atom stereocenters. The van der Waals surface area contributed by atoms with Crippen LogP contribution in [0.5, 0.6) is 0 Å². The Labute approximate surface area is 135 Å². The van der Waals surface area contributed by atoms with Gasteiger partial charge in [-0.05, 0) is 31.2 Å². The molecule has 3 rings (SSSR count). The molecule has 0 saturated heterocycles. The van der Waals surface area contributed by atoms with Crippen molar-refractivity contribution in [1.82, 2.24) is 9.97 Å². The molecule has 1 unspecified atom stereocenters. The van der Waals surface area contributed by atoms with Gasteiger partial charge in [0.25, 0.3) is 0 Å². The zero-order valence-corrected chi connectivity index (χ0v) is 13.2. The van der Waals surface area contributed by atoms with Crippen molar-refractivity contribution in [3.8, 4) is 0 Å². The first-order valence-electron chi connectivity index (χ1n) is 8.03. The van der Waals surface area contributed by atoms with Crippen molar-refractivity contribution in [2.45, 2.75) is 38.0 Å². The van der Waals surface area contributed by atoms with E-state index in [4.69, 9.17) is 0 Å². The van der Waals surface area contributed by atoms with Gasteiger partial charge in [-0.25, -0.2) is 9.97 Å². The first-order chi connectivity index (χ1) is 11.2. The molecule has 0 aliphatic heterocycles. The molecule has 5 nitrogen and oxygen atoms in total. The number of nitrogens with one attached hydrogen (secondary N) is 1. The molecule has 0 spiro atoms. The lowest BCUT2D eigenvalue weighted by Gasteiger charge is -2.29. The summed E-state index contributed by atoms with van der Waals surface area (Å²) in [6.45, 7) is 2.22. The van der Waals surface area contributed by atoms with Crippen LogP contribution in [0.2, 0.25) is 0 Å².